The van der Waals surface area contributed by atoms with Gasteiger partial charge in [-0.1, -0.05) is 13.0 Å². The van der Waals surface area contributed by atoms with Crippen molar-refractivity contribution in [3.8, 4) is 5.75 Å². The van der Waals surface area contributed by atoms with E-state index in [-0.39, 0.29) is 47.4 Å². The van der Waals surface area contributed by atoms with Crippen LogP contribution >= 0.6 is 0 Å². The number of alkyl halides is 6. The molecule has 6 rings (SSSR count). The molecule has 2 heterocycles. The number of halogens is 6. The molecule has 4 fully saturated rings. The van der Waals surface area contributed by atoms with Crippen LogP contribution in [0.3, 0.4) is 0 Å². The first-order chi connectivity index (χ1) is 23.7. The summed E-state index contributed by atoms with van der Waals surface area (Å²) in [5.74, 6) is -4.87. The van der Waals surface area contributed by atoms with Crippen LogP contribution in [0.4, 0.5) is 31.1 Å². The summed E-state index contributed by atoms with van der Waals surface area (Å²) < 4.78 is 103. The molecule has 1 aromatic carbocycles. The van der Waals surface area contributed by atoms with E-state index in [0.717, 1.165) is 50.3 Å². The number of amides is 1. The summed E-state index contributed by atoms with van der Waals surface area (Å²) in [6.07, 6.45) is -4.60. The predicted molar refractivity (Wildman–Crippen MR) is 176 cm³/mol. The van der Waals surface area contributed by atoms with Crippen molar-refractivity contribution in [3.63, 3.8) is 0 Å². The van der Waals surface area contributed by atoms with E-state index in [1.165, 1.54) is 0 Å². The lowest BCUT2D eigenvalue weighted by Crippen LogP contribution is -2.50. The van der Waals surface area contributed by atoms with Gasteiger partial charge in [-0.15, -0.1) is 0 Å². The number of fused-ring (bicyclic) bond motifs is 5. The number of nitrogens with zero attached hydrogens (tertiary/aromatic N) is 2. The van der Waals surface area contributed by atoms with Crippen LogP contribution in [0.15, 0.2) is 18.2 Å². The molecular formula is C36H48F6N2O5S. The van der Waals surface area contributed by atoms with E-state index in [1.54, 1.807) is 4.90 Å². The highest BCUT2D eigenvalue weighted by atomic mass is 32.2. The lowest BCUT2D eigenvalue weighted by molar-refractivity contribution is -0.284. The number of morpholine rings is 1. The number of ether oxygens (including phenoxy) is 2. The fourth-order valence-corrected chi connectivity index (χ4v) is 10.8. The van der Waals surface area contributed by atoms with E-state index in [4.69, 9.17) is 9.47 Å². The summed E-state index contributed by atoms with van der Waals surface area (Å²) in [4.78, 5) is 30.4. The maximum Gasteiger partial charge on any atom is 0.453 e. The second-order valence-electron chi connectivity index (χ2n) is 15.2. The zero-order valence-electron chi connectivity index (χ0n) is 28.5. The third kappa shape index (κ3) is 7.77. The number of carbonyl (C=O) groups excluding carboxylic acids is 2. The van der Waals surface area contributed by atoms with Gasteiger partial charge < -0.3 is 14.4 Å². The Balaban J connectivity index is 1.10. The SMILES string of the molecule is C[C@]12CC[C@@H]3c4ccc(OC(=O)N5CCC(N6CCOCC6)CC5)cc4C[C@@H](CCCS(=O)CCCC(F)(F)C(F)(F)F)[C@H]3[C@@H]1CC(F)C2=O. The van der Waals surface area contributed by atoms with Crippen molar-refractivity contribution in [2.45, 2.75) is 101 Å². The zero-order chi connectivity index (χ0) is 35.8. The number of benzene rings is 1. The molecule has 2 saturated heterocycles. The Kier molecular flexibility index (Phi) is 11.3. The number of hydrogen-bond donors (Lipinski definition) is 0. The smallest absolute Gasteiger partial charge is 0.410 e. The van der Waals surface area contributed by atoms with Crippen molar-refractivity contribution in [2.75, 3.05) is 50.9 Å². The second kappa shape index (κ2) is 15.0. The number of likely N-dealkylation sites (tertiary alicyclic amines) is 1. The molecule has 1 amide bonds. The Morgan fingerprint density at radius 2 is 1.74 bits per heavy atom. The number of ketones is 1. The quantitative estimate of drug-likeness (QED) is 0.239. The molecule has 5 aliphatic rings. The molecule has 7 nitrogen and oxygen atoms in total. The monoisotopic (exact) mass is 734 g/mol. The minimum absolute atomic E-state index is 0.00558. The lowest BCUT2D eigenvalue weighted by Gasteiger charge is -2.51. The molecule has 50 heavy (non-hydrogen) atoms. The van der Waals surface area contributed by atoms with Crippen molar-refractivity contribution in [3.05, 3.63) is 29.3 Å². The van der Waals surface area contributed by atoms with Gasteiger partial charge in [-0.3, -0.25) is 13.9 Å². The van der Waals surface area contributed by atoms with E-state index in [2.05, 4.69) is 4.90 Å². The molecule has 7 atom stereocenters. The highest BCUT2D eigenvalue weighted by Crippen LogP contribution is 2.62. The van der Waals surface area contributed by atoms with Gasteiger partial charge in [0.15, 0.2) is 12.0 Å². The molecule has 2 aliphatic heterocycles. The van der Waals surface area contributed by atoms with Crippen LogP contribution in [0, 0.1) is 23.2 Å². The minimum atomic E-state index is -5.63. The Hall–Kier alpha value is -2.19. The van der Waals surface area contributed by atoms with Gasteiger partial charge in [0.2, 0.25) is 0 Å². The Bertz CT molecular complexity index is 1420. The molecule has 2 saturated carbocycles. The first-order valence-corrected chi connectivity index (χ1v) is 19.6. The molecule has 280 valence electrons. The largest absolute Gasteiger partial charge is 0.453 e. The number of rotatable bonds is 10. The molecule has 0 N–H and O–H groups in total. The molecule has 3 aliphatic carbocycles. The zero-order valence-corrected chi connectivity index (χ0v) is 29.4. The van der Waals surface area contributed by atoms with Crippen molar-refractivity contribution in [1.29, 1.82) is 0 Å². The van der Waals surface area contributed by atoms with Crippen LogP contribution < -0.4 is 4.74 Å². The first-order valence-electron chi connectivity index (χ1n) is 18.1. The van der Waals surface area contributed by atoms with E-state index >= 15 is 0 Å². The van der Waals surface area contributed by atoms with E-state index in [9.17, 15) is 40.1 Å². The number of piperidine rings is 1. The highest BCUT2D eigenvalue weighted by Gasteiger charge is 2.60. The Morgan fingerprint density at radius 3 is 2.44 bits per heavy atom. The van der Waals surface area contributed by atoms with E-state index in [0.29, 0.717) is 57.0 Å². The van der Waals surface area contributed by atoms with Gasteiger partial charge in [-0.25, -0.2) is 9.18 Å². The normalized spacial score (nSPS) is 31.5. The van der Waals surface area contributed by atoms with Crippen LogP contribution in [0.5, 0.6) is 5.75 Å². The molecule has 0 radical (unpaired) electrons. The molecule has 0 aromatic heterocycles. The summed E-state index contributed by atoms with van der Waals surface area (Å²) in [6.45, 7) is 6.37. The third-order valence-electron chi connectivity index (χ3n) is 12.3. The Labute approximate surface area is 292 Å². The van der Waals surface area contributed by atoms with E-state index in [1.807, 2.05) is 25.1 Å². The lowest BCUT2D eigenvalue weighted by atomic mass is 9.52. The number of hydrogen-bond acceptors (Lipinski definition) is 6. The van der Waals surface area contributed by atoms with Gasteiger partial charge in [-0.2, -0.15) is 22.0 Å². The molecule has 0 bridgehead atoms. The Morgan fingerprint density at radius 1 is 1.04 bits per heavy atom. The number of Topliss-reactive ketones (excluding diaryl/α,β-unsaturated/α-hetero) is 1. The average molecular weight is 735 g/mol. The molecule has 1 aromatic rings. The van der Waals surface area contributed by atoms with Crippen LogP contribution in [0.2, 0.25) is 0 Å². The first kappa shape index (κ1) is 37.6. The molecule has 2 unspecified atom stereocenters. The highest BCUT2D eigenvalue weighted by molar-refractivity contribution is 7.84. The van der Waals surface area contributed by atoms with Gasteiger partial charge in [-0.05, 0) is 105 Å². The maximum atomic E-state index is 15.0. The molecule has 14 heteroatoms. The third-order valence-corrected chi connectivity index (χ3v) is 13.8. The summed E-state index contributed by atoms with van der Waals surface area (Å²) in [6, 6.07) is 6.13. The van der Waals surface area contributed by atoms with E-state index < -0.39 is 53.4 Å². The molecular weight excluding hydrogens is 686 g/mol. The van der Waals surface area contributed by atoms with Crippen LogP contribution in [-0.2, 0) is 26.8 Å². The number of carbonyl (C=O) groups is 2. The average Bonchev–Trinajstić information content (AvgIpc) is 3.31. The van der Waals surface area contributed by atoms with Crippen molar-refractivity contribution >= 4 is 22.7 Å². The predicted octanol–water partition coefficient (Wildman–Crippen LogP) is 7.09. The second-order valence-corrected chi connectivity index (χ2v) is 16.9. The minimum Gasteiger partial charge on any atom is -0.410 e. The van der Waals surface area contributed by atoms with Gasteiger partial charge in [0, 0.05) is 66.4 Å². The van der Waals surface area contributed by atoms with Crippen molar-refractivity contribution in [1.82, 2.24) is 9.80 Å². The standard InChI is InChI=1S/C36H48F6N2O5S/c1-34-11-7-28-27-6-5-26(49-33(46)44-12-8-25(9-13-44)43-14-16-48-17-15-43)21-24(27)20-23(31(28)29(34)22-30(37)32(34)45)4-2-18-50(47)19-3-10-35(38,39)36(40,41)42/h5-6,21,23,25,28-31H,2-4,7-20,22H2,1H3/t23-,28-,29+,30?,31-,34+,50?/m1/s1. The van der Waals surface area contributed by atoms with Crippen LogP contribution in [-0.4, -0.2) is 101 Å². The fourth-order valence-electron chi connectivity index (χ4n) is 9.59. The van der Waals surface area contributed by atoms with Gasteiger partial charge in [0.25, 0.3) is 0 Å². The topological polar surface area (TPSA) is 76.2 Å². The summed E-state index contributed by atoms with van der Waals surface area (Å²) >= 11 is 0. The maximum absolute atomic E-state index is 15.0. The summed E-state index contributed by atoms with van der Waals surface area (Å²) in [5, 5.41) is 0. The summed E-state index contributed by atoms with van der Waals surface area (Å²) in [7, 11) is -1.57. The van der Waals surface area contributed by atoms with Gasteiger partial charge >= 0.3 is 18.2 Å². The van der Waals surface area contributed by atoms with Crippen molar-refractivity contribution in [2.24, 2.45) is 23.2 Å². The fraction of sp³-hybridized carbons (Fsp3) is 0.778. The van der Waals surface area contributed by atoms with Gasteiger partial charge in [0.1, 0.15) is 5.75 Å². The molecule has 0 spiro atoms. The van der Waals surface area contributed by atoms with Gasteiger partial charge in [0.05, 0.1) is 13.2 Å². The summed E-state index contributed by atoms with van der Waals surface area (Å²) in [5.41, 5.74) is 1.38. The van der Waals surface area contributed by atoms with Crippen LogP contribution in [0.25, 0.3) is 0 Å². The van der Waals surface area contributed by atoms with Crippen LogP contribution in [0.1, 0.15) is 81.8 Å². The van der Waals surface area contributed by atoms with Crippen molar-refractivity contribution < 1.29 is 49.6 Å².